The van der Waals surface area contributed by atoms with Crippen molar-refractivity contribution in [3.8, 4) is 5.69 Å². The van der Waals surface area contributed by atoms with Gasteiger partial charge in [0.1, 0.15) is 17.5 Å². The zero-order chi connectivity index (χ0) is 23.2. The van der Waals surface area contributed by atoms with Crippen LogP contribution in [0.4, 0.5) is 10.2 Å². The normalized spacial score (nSPS) is 16.3. The lowest BCUT2D eigenvalue weighted by atomic mass is 10.1. The Bertz CT molecular complexity index is 1380. The van der Waals surface area contributed by atoms with E-state index >= 15 is 0 Å². The van der Waals surface area contributed by atoms with Crippen LogP contribution in [0.5, 0.6) is 0 Å². The van der Waals surface area contributed by atoms with Gasteiger partial charge in [-0.2, -0.15) is 5.10 Å². The monoisotopic (exact) mass is 476 g/mol. The van der Waals surface area contributed by atoms with E-state index in [9.17, 15) is 9.18 Å². The van der Waals surface area contributed by atoms with Crippen LogP contribution in [0, 0.1) is 5.82 Å². The Morgan fingerprint density at radius 1 is 0.971 bits per heavy atom. The highest BCUT2D eigenvalue weighted by Gasteiger charge is 2.31. The molecule has 1 amide bonds. The van der Waals surface area contributed by atoms with Crippen LogP contribution < -0.4 is 4.90 Å². The molecular formula is C25H22ClFN6O. The van der Waals surface area contributed by atoms with Gasteiger partial charge in [-0.1, -0.05) is 23.7 Å². The third-order valence-corrected chi connectivity index (χ3v) is 6.73. The first-order valence-electron chi connectivity index (χ1n) is 11.4. The topological polar surface area (TPSA) is 67.2 Å². The zero-order valence-corrected chi connectivity index (χ0v) is 19.1. The molecule has 9 heteroatoms. The number of hydrogen-bond acceptors (Lipinski definition) is 5. The van der Waals surface area contributed by atoms with Crippen LogP contribution >= 0.6 is 11.6 Å². The quantitative estimate of drug-likeness (QED) is 0.435. The van der Waals surface area contributed by atoms with Crippen LogP contribution in [0.25, 0.3) is 16.7 Å². The van der Waals surface area contributed by atoms with Crippen molar-refractivity contribution in [2.75, 3.05) is 31.1 Å². The number of hydrogen-bond donors (Lipinski definition) is 0. The standard InChI is InChI=1S/C25H22ClFN6O/c26-20-3-1-2-4-21(20)33-24-19(15-28-33)23(29-22(30-24)16-5-6-16)31-11-13-32(14-12-31)25(34)17-7-9-18(27)10-8-17/h1-4,7-10,15-16H,5-6,11-14H2. The van der Waals surface area contributed by atoms with E-state index < -0.39 is 0 Å². The van der Waals surface area contributed by atoms with E-state index in [1.54, 1.807) is 15.8 Å². The second-order valence-corrected chi connectivity index (χ2v) is 9.12. The first-order valence-corrected chi connectivity index (χ1v) is 11.8. The molecule has 2 aromatic heterocycles. The highest BCUT2D eigenvalue weighted by atomic mass is 35.5. The predicted molar refractivity (Wildman–Crippen MR) is 128 cm³/mol. The summed E-state index contributed by atoms with van der Waals surface area (Å²) in [6, 6.07) is 13.3. The number of carbonyl (C=O) groups is 1. The van der Waals surface area contributed by atoms with Gasteiger partial charge < -0.3 is 9.80 Å². The Balaban J connectivity index is 1.31. The molecule has 1 saturated heterocycles. The minimum atomic E-state index is -0.349. The summed E-state index contributed by atoms with van der Waals surface area (Å²) in [7, 11) is 0. The van der Waals surface area contributed by atoms with E-state index in [0.29, 0.717) is 42.7 Å². The molecule has 0 N–H and O–H groups in total. The Morgan fingerprint density at radius 3 is 2.41 bits per heavy atom. The summed E-state index contributed by atoms with van der Waals surface area (Å²) in [6.07, 6.45) is 3.97. The van der Waals surface area contributed by atoms with Crippen molar-refractivity contribution in [2.45, 2.75) is 18.8 Å². The molecule has 0 atom stereocenters. The van der Waals surface area contributed by atoms with Gasteiger partial charge in [-0.15, -0.1) is 0 Å². The molecule has 1 saturated carbocycles. The number of aromatic nitrogens is 4. The van der Waals surface area contributed by atoms with Gasteiger partial charge in [0, 0.05) is 37.7 Å². The zero-order valence-electron chi connectivity index (χ0n) is 18.4. The summed E-state index contributed by atoms with van der Waals surface area (Å²) in [5, 5.41) is 6.07. The van der Waals surface area contributed by atoms with Crippen molar-refractivity contribution < 1.29 is 9.18 Å². The van der Waals surface area contributed by atoms with Gasteiger partial charge in [0.05, 0.1) is 22.3 Å². The third-order valence-electron chi connectivity index (χ3n) is 6.41. The van der Waals surface area contributed by atoms with Crippen LogP contribution in [-0.4, -0.2) is 56.7 Å². The van der Waals surface area contributed by atoms with Crippen molar-refractivity contribution in [2.24, 2.45) is 0 Å². The predicted octanol–water partition coefficient (Wildman–Crippen LogP) is 4.45. The molecule has 0 radical (unpaired) electrons. The van der Waals surface area contributed by atoms with Crippen molar-refractivity contribution in [1.29, 1.82) is 0 Å². The second-order valence-electron chi connectivity index (χ2n) is 8.71. The van der Waals surface area contributed by atoms with Gasteiger partial charge in [0.15, 0.2) is 5.65 Å². The number of benzene rings is 2. The molecule has 4 aromatic rings. The van der Waals surface area contributed by atoms with Crippen LogP contribution in [-0.2, 0) is 0 Å². The fourth-order valence-electron chi connectivity index (χ4n) is 4.37. The summed E-state index contributed by atoms with van der Waals surface area (Å²) < 4.78 is 15.0. The summed E-state index contributed by atoms with van der Waals surface area (Å²) in [6.45, 7) is 2.39. The van der Waals surface area contributed by atoms with Crippen molar-refractivity contribution >= 4 is 34.4 Å². The van der Waals surface area contributed by atoms with Crippen LogP contribution in [0.2, 0.25) is 5.02 Å². The molecule has 172 valence electrons. The van der Waals surface area contributed by atoms with E-state index in [0.717, 1.165) is 41.2 Å². The van der Waals surface area contributed by atoms with Crippen molar-refractivity contribution in [1.82, 2.24) is 24.6 Å². The summed E-state index contributed by atoms with van der Waals surface area (Å²) >= 11 is 6.45. The molecule has 34 heavy (non-hydrogen) atoms. The van der Waals surface area contributed by atoms with Crippen molar-refractivity contribution in [3.05, 3.63) is 77.0 Å². The molecule has 3 heterocycles. The summed E-state index contributed by atoms with van der Waals surface area (Å²) in [4.78, 5) is 26.7. The molecule has 2 aliphatic rings. The molecular weight excluding hydrogens is 455 g/mol. The van der Waals surface area contributed by atoms with Crippen LogP contribution in [0.1, 0.15) is 34.9 Å². The Labute approximate surface area is 200 Å². The SMILES string of the molecule is O=C(c1ccc(F)cc1)N1CCN(c2nc(C3CC3)nc3c2cnn3-c2ccccc2Cl)CC1. The smallest absolute Gasteiger partial charge is 0.253 e. The maximum absolute atomic E-state index is 13.2. The largest absolute Gasteiger partial charge is 0.352 e. The molecule has 7 nitrogen and oxygen atoms in total. The highest BCUT2D eigenvalue weighted by molar-refractivity contribution is 6.32. The number of piperazine rings is 1. The number of carbonyl (C=O) groups excluding carboxylic acids is 1. The first-order chi connectivity index (χ1) is 16.6. The molecule has 1 aliphatic heterocycles. The number of rotatable bonds is 4. The number of anilines is 1. The third kappa shape index (κ3) is 3.77. The Kier molecular flexibility index (Phi) is 5.17. The number of fused-ring (bicyclic) bond motifs is 1. The van der Waals surface area contributed by atoms with Gasteiger partial charge in [0.25, 0.3) is 5.91 Å². The molecule has 2 aromatic carbocycles. The highest BCUT2D eigenvalue weighted by Crippen LogP contribution is 2.40. The van der Waals surface area contributed by atoms with Gasteiger partial charge in [-0.3, -0.25) is 4.79 Å². The molecule has 0 spiro atoms. The Morgan fingerprint density at radius 2 is 1.71 bits per heavy atom. The maximum atomic E-state index is 13.2. The summed E-state index contributed by atoms with van der Waals surface area (Å²) in [5.74, 6) is 1.62. The van der Waals surface area contributed by atoms with E-state index in [1.165, 1.54) is 24.3 Å². The average molecular weight is 477 g/mol. The average Bonchev–Trinajstić information content (AvgIpc) is 3.64. The lowest BCUT2D eigenvalue weighted by molar-refractivity contribution is 0.0746. The van der Waals surface area contributed by atoms with Gasteiger partial charge >= 0.3 is 0 Å². The number of halogens is 2. The minimum absolute atomic E-state index is 0.0855. The van der Waals surface area contributed by atoms with Crippen molar-refractivity contribution in [3.63, 3.8) is 0 Å². The van der Waals surface area contributed by atoms with Gasteiger partial charge in [0.2, 0.25) is 0 Å². The van der Waals surface area contributed by atoms with E-state index in [-0.39, 0.29) is 11.7 Å². The first kappa shape index (κ1) is 21.0. The molecule has 2 fully saturated rings. The lowest BCUT2D eigenvalue weighted by Gasteiger charge is -2.35. The minimum Gasteiger partial charge on any atom is -0.352 e. The lowest BCUT2D eigenvalue weighted by Crippen LogP contribution is -2.49. The van der Waals surface area contributed by atoms with Crippen LogP contribution in [0.3, 0.4) is 0 Å². The molecule has 6 rings (SSSR count). The van der Waals surface area contributed by atoms with Gasteiger partial charge in [-0.05, 0) is 49.2 Å². The maximum Gasteiger partial charge on any atom is 0.253 e. The molecule has 0 unspecified atom stereocenters. The molecule has 0 bridgehead atoms. The number of amides is 1. The van der Waals surface area contributed by atoms with Crippen LogP contribution in [0.15, 0.2) is 54.7 Å². The second kappa shape index (κ2) is 8.36. The van der Waals surface area contributed by atoms with E-state index in [2.05, 4.69) is 10.00 Å². The van der Waals surface area contributed by atoms with Gasteiger partial charge in [-0.25, -0.2) is 19.0 Å². The number of nitrogens with zero attached hydrogens (tertiary/aromatic N) is 6. The van der Waals surface area contributed by atoms with E-state index in [1.807, 2.05) is 24.3 Å². The van der Waals surface area contributed by atoms with E-state index in [4.69, 9.17) is 21.6 Å². The Hall–Kier alpha value is -3.52. The fourth-order valence-corrected chi connectivity index (χ4v) is 4.59. The summed E-state index contributed by atoms with van der Waals surface area (Å²) in [5.41, 5.74) is 2.02. The fraction of sp³-hybridized carbons (Fsp3) is 0.280. The number of para-hydroxylation sites is 1. The molecule has 1 aliphatic carbocycles.